The summed E-state index contributed by atoms with van der Waals surface area (Å²) in [5, 5.41) is 3.26. The largest absolute Gasteiger partial charge is 0.327 e. The Bertz CT molecular complexity index is 352. The van der Waals surface area contributed by atoms with Crippen molar-refractivity contribution in [3.63, 3.8) is 0 Å². The molecule has 1 aromatic rings. The van der Waals surface area contributed by atoms with Crippen LogP contribution in [0.1, 0.15) is 38.4 Å². The molecule has 0 fully saturated rings. The number of rotatable bonds is 4. The molecule has 2 unspecified atom stereocenters. The van der Waals surface area contributed by atoms with E-state index in [1.165, 1.54) is 0 Å². The predicted octanol–water partition coefficient (Wildman–Crippen LogP) is 2.65. The van der Waals surface area contributed by atoms with E-state index in [2.05, 4.69) is 50.0 Å². The fourth-order valence-electron chi connectivity index (χ4n) is 2.69. The summed E-state index contributed by atoms with van der Waals surface area (Å²) in [5.41, 5.74) is 7.44. The van der Waals surface area contributed by atoms with Crippen LogP contribution in [0.25, 0.3) is 0 Å². The van der Waals surface area contributed by atoms with Gasteiger partial charge < -0.3 is 5.73 Å². The summed E-state index contributed by atoms with van der Waals surface area (Å²) in [6.45, 7) is 11.7. The lowest BCUT2D eigenvalue weighted by molar-refractivity contribution is 0.0994. The Morgan fingerprint density at radius 3 is 2.41 bits per heavy atom. The topological polar surface area (TPSA) is 42.2 Å². The van der Waals surface area contributed by atoms with Gasteiger partial charge in [-0.2, -0.15) is 0 Å². The Kier molecular flexibility index (Phi) is 4.69. The first kappa shape index (κ1) is 14.6. The lowest BCUT2D eigenvalue weighted by atomic mass is 9.82. The van der Waals surface area contributed by atoms with E-state index in [0.717, 1.165) is 17.2 Å². The Morgan fingerprint density at radius 2 is 2.06 bits per heavy atom. The monoisotopic (exact) mass is 255 g/mol. The fraction of sp³-hybridized carbons (Fsp3) is 0.769. The highest BCUT2D eigenvalue weighted by molar-refractivity contribution is 7.09. The molecule has 2 atom stereocenters. The molecule has 1 heterocycles. The minimum atomic E-state index is 0.153. The first-order chi connectivity index (χ1) is 7.71. The smallest absolute Gasteiger partial charge is 0.0897 e. The van der Waals surface area contributed by atoms with Crippen LogP contribution in [0.4, 0.5) is 0 Å². The van der Waals surface area contributed by atoms with E-state index < -0.39 is 0 Å². The highest BCUT2D eigenvalue weighted by atomic mass is 32.1. The molecular weight excluding hydrogens is 230 g/mol. The third-order valence-corrected chi connectivity index (χ3v) is 3.76. The van der Waals surface area contributed by atoms with Crippen molar-refractivity contribution in [2.75, 3.05) is 7.05 Å². The zero-order valence-electron chi connectivity index (χ0n) is 11.8. The van der Waals surface area contributed by atoms with E-state index in [9.17, 15) is 0 Å². The molecule has 0 aliphatic heterocycles. The number of nitrogens with zero attached hydrogens (tertiary/aromatic N) is 2. The van der Waals surface area contributed by atoms with Gasteiger partial charge in [-0.1, -0.05) is 20.8 Å². The van der Waals surface area contributed by atoms with Crippen molar-refractivity contribution in [1.29, 1.82) is 0 Å². The van der Waals surface area contributed by atoms with Crippen LogP contribution in [-0.4, -0.2) is 29.0 Å². The molecule has 0 aliphatic rings. The van der Waals surface area contributed by atoms with Gasteiger partial charge in [0.2, 0.25) is 0 Å². The maximum absolute atomic E-state index is 6.12. The van der Waals surface area contributed by atoms with E-state index in [1.54, 1.807) is 11.3 Å². The molecule has 4 heteroatoms. The van der Waals surface area contributed by atoms with Crippen LogP contribution in [-0.2, 0) is 6.54 Å². The molecule has 0 aromatic carbocycles. The summed E-state index contributed by atoms with van der Waals surface area (Å²) in [6.07, 6.45) is 0. The normalized spacial score (nSPS) is 16.2. The Labute approximate surface area is 109 Å². The quantitative estimate of drug-likeness (QED) is 0.899. The van der Waals surface area contributed by atoms with Gasteiger partial charge >= 0.3 is 0 Å². The number of nitrogens with two attached hydrogens (primary N) is 1. The van der Waals surface area contributed by atoms with Crippen molar-refractivity contribution in [2.45, 2.75) is 53.2 Å². The first-order valence-electron chi connectivity index (χ1n) is 6.08. The average molecular weight is 255 g/mol. The molecule has 0 aliphatic carbocycles. The molecule has 17 heavy (non-hydrogen) atoms. The third-order valence-electron chi connectivity index (χ3n) is 2.94. The number of hydrogen-bond donors (Lipinski definition) is 1. The molecule has 2 N–H and O–H groups in total. The van der Waals surface area contributed by atoms with Crippen molar-refractivity contribution < 1.29 is 0 Å². The second-order valence-corrected chi connectivity index (χ2v) is 7.01. The van der Waals surface area contributed by atoms with Crippen molar-refractivity contribution in [2.24, 2.45) is 11.1 Å². The Balaban J connectivity index is 2.76. The Hall–Kier alpha value is -0.450. The van der Waals surface area contributed by atoms with E-state index >= 15 is 0 Å². The molecule has 0 spiro atoms. The molecule has 0 saturated heterocycles. The van der Waals surface area contributed by atoms with E-state index in [1.807, 2.05) is 6.92 Å². The van der Waals surface area contributed by atoms with Gasteiger partial charge in [0.05, 0.1) is 10.7 Å². The molecule has 98 valence electrons. The lowest BCUT2D eigenvalue weighted by Crippen LogP contribution is -2.51. The summed E-state index contributed by atoms with van der Waals surface area (Å²) in [6, 6.07) is 0.504. The van der Waals surface area contributed by atoms with Gasteiger partial charge in [0.25, 0.3) is 0 Å². The number of hydrogen-bond acceptors (Lipinski definition) is 4. The lowest BCUT2D eigenvalue weighted by Gasteiger charge is -2.40. The zero-order chi connectivity index (χ0) is 13.2. The zero-order valence-corrected chi connectivity index (χ0v) is 12.6. The summed E-state index contributed by atoms with van der Waals surface area (Å²) < 4.78 is 0. The van der Waals surface area contributed by atoms with Crippen LogP contribution in [0.3, 0.4) is 0 Å². The number of thiazole rings is 1. The SMILES string of the molecule is Cc1nc(CN(C)C(C(C)N)C(C)(C)C)cs1. The maximum atomic E-state index is 6.12. The van der Waals surface area contributed by atoms with E-state index in [4.69, 9.17) is 5.73 Å². The van der Waals surface area contributed by atoms with Gasteiger partial charge in [0, 0.05) is 24.0 Å². The highest BCUT2D eigenvalue weighted by Gasteiger charge is 2.31. The molecule has 0 amide bonds. The first-order valence-corrected chi connectivity index (χ1v) is 6.96. The number of aromatic nitrogens is 1. The highest BCUT2D eigenvalue weighted by Crippen LogP contribution is 2.26. The predicted molar refractivity (Wildman–Crippen MR) is 75.2 cm³/mol. The maximum Gasteiger partial charge on any atom is 0.0897 e. The molecule has 0 saturated carbocycles. The van der Waals surface area contributed by atoms with Gasteiger partial charge in [-0.25, -0.2) is 4.98 Å². The molecule has 0 bridgehead atoms. The minimum Gasteiger partial charge on any atom is -0.327 e. The second kappa shape index (κ2) is 5.46. The van der Waals surface area contributed by atoms with Crippen LogP contribution in [0.2, 0.25) is 0 Å². The summed E-state index contributed by atoms with van der Waals surface area (Å²) in [7, 11) is 2.13. The fourth-order valence-corrected chi connectivity index (χ4v) is 3.29. The van der Waals surface area contributed by atoms with Crippen LogP contribution in [0.15, 0.2) is 5.38 Å². The van der Waals surface area contributed by atoms with Crippen molar-refractivity contribution in [1.82, 2.24) is 9.88 Å². The van der Waals surface area contributed by atoms with Gasteiger partial charge in [0.15, 0.2) is 0 Å². The second-order valence-electron chi connectivity index (χ2n) is 5.94. The van der Waals surface area contributed by atoms with Crippen molar-refractivity contribution in [3.05, 3.63) is 16.1 Å². The van der Waals surface area contributed by atoms with Gasteiger partial charge in [0.1, 0.15) is 0 Å². The molecule has 1 aromatic heterocycles. The van der Waals surface area contributed by atoms with Crippen LogP contribution in [0, 0.1) is 12.3 Å². The van der Waals surface area contributed by atoms with E-state index in [0.29, 0.717) is 6.04 Å². The van der Waals surface area contributed by atoms with Crippen molar-refractivity contribution >= 4 is 11.3 Å². The number of likely N-dealkylation sites (N-methyl/N-ethyl adjacent to an activating group) is 1. The average Bonchev–Trinajstić information content (AvgIpc) is 2.46. The Morgan fingerprint density at radius 1 is 1.47 bits per heavy atom. The summed E-state index contributed by atoms with van der Waals surface area (Å²) in [4.78, 5) is 6.83. The van der Waals surface area contributed by atoms with Crippen LogP contribution in [0.5, 0.6) is 0 Å². The van der Waals surface area contributed by atoms with Crippen molar-refractivity contribution in [3.8, 4) is 0 Å². The van der Waals surface area contributed by atoms with E-state index in [-0.39, 0.29) is 11.5 Å². The van der Waals surface area contributed by atoms with Crippen LogP contribution >= 0.6 is 11.3 Å². The van der Waals surface area contributed by atoms with Gasteiger partial charge in [-0.3, -0.25) is 4.90 Å². The van der Waals surface area contributed by atoms with Gasteiger partial charge in [-0.15, -0.1) is 11.3 Å². The molecular formula is C13H25N3S. The molecule has 1 rings (SSSR count). The summed E-state index contributed by atoms with van der Waals surface area (Å²) >= 11 is 1.70. The van der Waals surface area contributed by atoms with Crippen LogP contribution < -0.4 is 5.73 Å². The standard InChI is InChI=1S/C13H25N3S/c1-9(14)12(13(3,4)5)16(6)7-11-8-17-10(2)15-11/h8-9,12H,7,14H2,1-6H3. The summed E-state index contributed by atoms with van der Waals surface area (Å²) in [5.74, 6) is 0. The molecule has 3 nitrogen and oxygen atoms in total. The van der Waals surface area contributed by atoms with Gasteiger partial charge in [-0.05, 0) is 26.3 Å². The number of aryl methyl sites for hydroxylation is 1. The minimum absolute atomic E-state index is 0.153. The third kappa shape index (κ3) is 4.05. The molecule has 0 radical (unpaired) electrons.